The van der Waals surface area contributed by atoms with Crippen LogP contribution in [0.1, 0.15) is 25.0 Å². The first-order valence-electron chi connectivity index (χ1n) is 6.69. The van der Waals surface area contributed by atoms with Crippen LogP contribution >= 0.6 is 12.2 Å². The highest BCUT2D eigenvalue weighted by atomic mass is 32.1. The highest BCUT2D eigenvalue weighted by Crippen LogP contribution is 2.42. The summed E-state index contributed by atoms with van der Waals surface area (Å²) in [5.74, 6) is 1.95. The minimum Gasteiger partial charge on any atom is -0.483 e. The summed E-state index contributed by atoms with van der Waals surface area (Å²) in [6.45, 7) is 4.12. The van der Waals surface area contributed by atoms with Crippen molar-refractivity contribution in [3.63, 3.8) is 0 Å². The zero-order chi connectivity index (χ0) is 15.0. The fourth-order valence-corrected chi connectivity index (χ4v) is 2.49. The second-order valence-electron chi connectivity index (χ2n) is 5.63. The number of rotatable bonds is 3. The third kappa shape index (κ3) is 2.83. The summed E-state index contributed by atoms with van der Waals surface area (Å²) in [5.41, 5.74) is 7.21. The smallest absolute Gasteiger partial charge is 0.219 e. The van der Waals surface area contributed by atoms with E-state index >= 15 is 0 Å². The van der Waals surface area contributed by atoms with Crippen LogP contribution in [0.3, 0.4) is 0 Å². The Labute approximate surface area is 128 Å². The molecule has 0 aliphatic carbocycles. The second kappa shape index (κ2) is 5.00. The molecule has 0 spiro atoms. The van der Waals surface area contributed by atoms with Crippen LogP contribution in [0.15, 0.2) is 36.5 Å². The molecule has 0 saturated heterocycles. The number of aromatic nitrogens is 1. The van der Waals surface area contributed by atoms with Gasteiger partial charge in [-0.05, 0) is 26.0 Å². The van der Waals surface area contributed by atoms with E-state index in [4.69, 9.17) is 27.4 Å². The molecule has 0 bridgehead atoms. The molecule has 0 fully saturated rings. The van der Waals surface area contributed by atoms with Crippen LogP contribution in [0.4, 0.5) is 0 Å². The molecule has 1 aromatic carbocycles. The van der Waals surface area contributed by atoms with E-state index in [0.29, 0.717) is 22.2 Å². The molecule has 0 saturated carbocycles. The molecule has 4 nitrogen and oxygen atoms in total. The average molecular weight is 300 g/mol. The van der Waals surface area contributed by atoms with Gasteiger partial charge in [-0.3, -0.25) is 0 Å². The third-order valence-corrected chi connectivity index (χ3v) is 3.53. The van der Waals surface area contributed by atoms with E-state index in [9.17, 15) is 0 Å². The molecule has 108 valence electrons. The minimum absolute atomic E-state index is 0.204. The Kier molecular flexibility index (Phi) is 3.29. The van der Waals surface area contributed by atoms with E-state index in [1.807, 2.05) is 12.1 Å². The molecule has 21 heavy (non-hydrogen) atoms. The lowest BCUT2D eigenvalue weighted by Crippen LogP contribution is -2.24. The van der Waals surface area contributed by atoms with Gasteiger partial charge in [-0.1, -0.05) is 24.4 Å². The summed E-state index contributed by atoms with van der Waals surface area (Å²) in [7, 11) is 0. The summed E-state index contributed by atoms with van der Waals surface area (Å²) in [4.78, 5) is 4.53. The number of pyridine rings is 1. The Morgan fingerprint density at radius 3 is 2.81 bits per heavy atom. The summed E-state index contributed by atoms with van der Waals surface area (Å²) < 4.78 is 11.8. The Morgan fingerprint density at radius 1 is 1.33 bits per heavy atom. The average Bonchev–Trinajstić information content (AvgIpc) is 2.74. The van der Waals surface area contributed by atoms with E-state index in [-0.39, 0.29) is 5.60 Å². The number of thiocarbonyl (C=S) groups is 1. The lowest BCUT2D eigenvalue weighted by atomic mass is 10.0. The highest BCUT2D eigenvalue weighted by Gasteiger charge is 2.32. The van der Waals surface area contributed by atoms with Crippen LogP contribution < -0.4 is 15.2 Å². The second-order valence-corrected chi connectivity index (χ2v) is 6.07. The summed E-state index contributed by atoms with van der Waals surface area (Å²) >= 11 is 4.90. The molecule has 0 unspecified atom stereocenters. The van der Waals surface area contributed by atoms with E-state index in [0.717, 1.165) is 17.7 Å². The molecule has 0 amide bonds. The maximum Gasteiger partial charge on any atom is 0.219 e. The first-order valence-corrected chi connectivity index (χ1v) is 7.10. The van der Waals surface area contributed by atoms with Crippen LogP contribution in [0, 0.1) is 0 Å². The molecule has 2 heterocycles. The maximum absolute atomic E-state index is 5.97. The van der Waals surface area contributed by atoms with Crippen LogP contribution in [-0.4, -0.2) is 15.6 Å². The van der Waals surface area contributed by atoms with Crippen molar-refractivity contribution in [2.75, 3.05) is 0 Å². The molecule has 1 aliphatic rings. The monoisotopic (exact) mass is 300 g/mol. The Bertz CT molecular complexity index is 696. The zero-order valence-electron chi connectivity index (χ0n) is 11.9. The van der Waals surface area contributed by atoms with Gasteiger partial charge in [0.05, 0.1) is 0 Å². The van der Waals surface area contributed by atoms with Crippen molar-refractivity contribution in [3.05, 3.63) is 47.7 Å². The number of fused-ring (bicyclic) bond motifs is 1. The van der Waals surface area contributed by atoms with Gasteiger partial charge in [-0.25, -0.2) is 4.98 Å². The van der Waals surface area contributed by atoms with Crippen molar-refractivity contribution in [2.24, 2.45) is 5.73 Å². The van der Waals surface area contributed by atoms with Gasteiger partial charge >= 0.3 is 0 Å². The van der Waals surface area contributed by atoms with Crippen molar-refractivity contribution in [1.82, 2.24) is 4.98 Å². The van der Waals surface area contributed by atoms with E-state index in [2.05, 4.69) is 24.9 Å². The number of para-hydroxylation sites is 1. The number of nitrogens with two attached hydrogens (primary N) is 1. The molecule has 1 aliphatic heterocycles. The van der Waals surface area contributed by atoms with Gasteiger partial charge in [-0.15, -0.1) is 0 Å². The molecule has 2 aromatic rings. The number of benzene rings is 1. The Hall–Kier alpha value is -2.14. The quantitative estimate of drug-likeness (QED) is 0.882. The number of hydrogen-bond donors (Lipinski definition) is 1. The van der Waals surface area contributed by atoms with Crippen LogP contribution in [-0.2, 0) is 6.42 Å². The van der Waals surface area contributed by atoms with Gasteiger partial charge < -0.3 is 15.2 Å². The third-order valence-electron chi connectivity index (χ3n) is 3.29. The van der Waals surface area contributed by atoms with Crippen molar-refractivity contribution in [1.29, 1.82) is 0 Å². The highest BCUT2D eigenvalue weighted by molar-refractivity contribution is 7.80. The summed E-state index contributed by atoms with van der Waals surface area (Å²) in [6.07, 6.45) is 2.47. The van der Waals surface area contributed by atoms with Gasteiger partial charge in [0.1, 0.15) is 10.6 Å². The van der Waals surface area contributed by atoms with Crippen molar-refractivity contribution in [3.8, 4) is 17.4 Å². The predicted octanol–water partition coefficient (Wildman–Crippen LogP) is 3.22. The van der Waals surface area contributed by atoms with Gasteiger partial charge in [0.25, 0.3) is 0 Å². The number of ether oxygens (including phenoxy) is 2. The molecule has 0 radical (unpaired) electrons. The van der Waals surface area contributed by atoms with Crippen LogP contribution in [0.25, 0.3) is 0 Å². The normalized spacial score (nSPS) is 15.1. The Balaban J connectivity index is 1.87. The fourth-order valence-electron chi connectivity index (χ4n) is 2.37. The van der Waals surface area contributed by atoms with Crippen LogP contribution in [0.5, 0.6) is 17.4 Å². The summed E-state index contributed by atoms with van der Waals surface area (Å²) in [5, 5.41) is 0. The van der Waals surface area contributed by atoms with Gasteiger partial charge in [0.15, 0.2) is 11.5 Å². The van der Waals surface area contributed by atoms with E-state index in [1.165, 1.54) is 0 Å². The molecular weight excluding hydrogens is 284 g/mol. The molecular formula is C16H16N2O2S. The number of hydrogen-bond acceptors (Lipinski definition) is 4. The maximum atomic E-state index is 5.97. The van der Waals surface area contributed by atoms with Crippen molar-refractivity contribution < 1.29 is 9.47 Å². The van der Waals surface area contributed by atoms with E-state index in [1.54, 1.807) is 18.3 Å². The lowest BCUT2D eigenvalue weighted by Gasteiger charge is -2.18. The van der Waals surface area contributed by atoms with Gasteiger partial charge in [0, 0.05) is 29.8 Å². The predicted molar refractivity (Wildman–Crippen MR) is 85.1 cm³/mol. The number of nitrogens with zero attached hydrogens (tertiary/aromatic N) is 1. The fraction of sp³-hybridized carbons (Fsp3) is 0.250. The molecule has 5 heteroatoms. The largest absolute Gasteiger partial charge is 0.483 e. The minimum atomic E-state index is -0.204. The van der Waals surface area contributed by atoms with Crippen molar-refractivity contribution >= 4 is 17.2 Å². The lowest BCUT2D eigenvalue weighted by molar-refractivity contribution is 0.135. The first-order chi connectivity index (χ1) is 9.94. The molecule has 3 rings (SSSR count). The molecule has 1 aromatic heterocycles. The molecule has 2 N–H and O–H groups in total. The van der Waals surface area contributed by atoms with Crippen molar-refractivity contribution in [2.45, 2.75) is 25.9 Å². The summed E-state index contributed by atoms with van der Waals surface area (Å²) in [6, 6.07) is 9.43. The SMILES string of the molecule is CC1(C)Cc2cccc(Oc3ccc(C(N)=S)cn3)c2O1. The van der Waals surface area contributed by atoms with Crippen LogP contribution in [0.2, 0.25) is 0 Å². The first kappa shape index (κ1) is 13.8. The zero-order valence-corrected chi connectivity index (χ0v) is 12.7. The molecule has 0 atom stereocenters. The Morgan fingerprint density at radius 2 is 2.14 bits per heavy atom. The van der Waals surface area contributed by atoms with Gasteiger partial charge in [-0.2, -0.15) is 0 Å². The topological polar surface area (TPSA) is 57.4 Å². The van der Waals surface area contributed by atoms with Gasteiger partial charge in [0.2, 0.25) is 5.88 Å². The standard InChI is InChI=1S/C16H16N2O2S/c1-16(2)8-10-4-3-5-12(14(10)20-16)19-13-7-6-11(9-18-13)15(17)21/h3-7,9H,8H2,1-2H3,(H2,17,21). The van der Waals surface area contributed by atoms with E-state index < -0.39 is 0 Å².